The van der Waals surface area contributed by atoms with Crippen molar-refractivity contribution in [2.75, 3.05) is 12.4 Å². The normalized spacial score (nSPS) is 22.6. The van der Waals surface area contributed by atoms with Crippen LogP contribution >= 0.6 is 0 Å². The Morgan fingerprint density at radius 3 is 3.00 bits per heavy atom. The molecule has 20 heavy (non-hydrogen) atoms. The highest BCUT2D eigenvalue weighted by Crippen LogP contribution is 2.23. The minimum absolute atomic E-state index is 0.249. The molecule has 6 heteroatoms. The average molecular weight is 273 g/mol. The zero-order valence-electron chi connectivity index (χ0n) is 11.6. The maximum absolute atomic E-state index is 5.55. The van der Waals surface area contributed by atoms with E-state index in [1.54, 1.807) is 30.4 Å². The number of anilines is 1. The molecule has 3 rings (SSSR count). The van der Waals surface area contributed by atoms with E-state index in [-0.39, 0.29) is 6.10 Å². The Morgan fingerprint density at radius 1 is 1.30 bits per heavy atom. The Balaban J connectivity index is 1.75. The van der Waals surface area contributed by atoms with E-state index in [0.717, 1.165) is 18.7 Å². The van der Waals surface area contributed by atoms with Crippen LogP contribution in [0.4, 0.5) is 5.82 Å². The van der Waals surface area contributed by atoms with Gasteiger partial charge in [0.05, 0.1) is 24.5 Å². The lowest BCUT2D eigenvalue weighted by Gasteiger charge is -2.31. The summed E-state index contributed by atoms with van der Waals surface area (Å²) in [5.41, 5.74) is 0. The van der Waals surface area contributed by atoms with Crippen molar-refractivity contribution >= 4 is 5.82 Å². The van der Waals surface area contributed by atoms with Crippen LogP contribution in [0.3, 0.4) is 0 Å². The van der Waals surface area contributed by atoms with Crippen LogP contribution in [0, 0.1) is 0 Å². The number of nitrogens with zero attached hydrogens (tertiary/aromatic N) is 4. The van der Waals surface area contributed by atoms with E-state index in [1.165, 1.54) is 12.8 Å². The molecule has 1 saturated carbocycles. The van der Waals surface area contributed by atoms with Gasteiger partial charge >= 0.3 is 0 Å². The summed E-state index contributed by atoms with van der Waals surface area (Å²) in [5, 5.41) is 7.61. The summed E-state index contributed by atoms with van der Waals surface area (Å²) in [7, 11) is 1.77. The van der Waals surface area contributed by atoms with Gasteiger partial charge in [-0.05, 0) is 18.9 Å². The van der Waals surface area contributed by atoms with Gasteiger partial charge in [0.2, 0.25) is 0 Å². The smallest absolute Gasteiger partial charge is 0.173 e. The molecule has 6 nitrogen and oxygen atoms in total. The summed E-state index contributed by atoms with van der Waals surface area (Å²) < 4.78 is 7.25. The predicted molar refractivity (Wildman–Crippen MR) is 75.8 cm³/mol. The number of rotatable bonds is 4. The van der Waals surface area contributed by atoms with Crippen LogP contribution in [0.1, 0.15) is 25.7 Å². The van der Waals surface area contributed by atoms with Crippen molar-refractivity contribution in [3.63, 3.8) is 0 Å². The molecule has 0 unspecified atom stereocenters. The summed E-state index contributed by atoms with van der Waals surface area (Å²) in [6.07, 6.45) is 11.9. The number of ether oxygens (including phenoxy) is 1. The number of hydrogen-bond donors (Lipinski definition) is 1. The highest BCUT2D eigenvalue weighted by molar-refractivity contribution is 5.37. The van der Waals surface area contributed by atoms with Gasteiger partial charge in [-0.3, -0.25) is 4.98 Å². The molecule has 1 N–H and O–H groups in total. The molecule has 0 radical (unpaired) electrons. The maximum atomic E-state index is 5.55. The van der Waals surface area contributed by atoms with Crippen molar-refractivity contribution in [3.8, 4) is 5.82 Å². The molecule has 2 atom stereocenters. The highest BCUT2D eigenvalue weighted by Gasteiger charge is 2.25. The van der Waals surface area contributed by atoms with Crippen LogP contribution < -0.4 is 5.32 Å². The molecule has 0 aromatic carbocycles. The van der Waals surface area contributed by atoms with E-state index in [0.29, 0.717) is 11.9 Å². The topological polar surface area (TPSA) is 64.9 Å². The van der Waals surface area contributed by atoms with E-state index >= 15 is 0 Å². The molecule has 106 valence electrons. The van der Waals surface area contributed by atoms with Crippen LogP contribution in [0.2, 0.25) is 0 Å². The molecule has 2 aromatic rings. The lowest BCUT2D eigenvalue weighted by atomic mass is 9.92. The first-order valence-corrected chi connectivity index (χ1v) is 6.98. The zero-order valence-corrected chi connectivity index (χ0v) is 11.6. The fraction of sp³-hybridized carbons (Fsp3) is 0.500. The molecule has 0 bridgehead atoms. The fourth-order valence-electron chi connectivity index (χ4n) is 2.67. The van der Waals surface area contributed by atoms with Crippen molar-refractivity contribution in [3.05, 3.63) is 30.9 Å². The Morgan fingerprint density at radius 2 is 2.20 bits per heavy atom. The quantitative estimate of drug-likeness (QED) is 0.923. The first-order valence-electron chi connectivity index (χ1n) is 6.98. The second kappa shape index (κ2) is 6.00. The molecule has 0 amide bonds. The third-order valence-corrected chi connectivity index (χ3v) is 3.70. The maximum Gasteiger partial charge on any atom is 0.173 e. The summed E-state index contributed by atoms with van der Waals surface area (Å²) in [6.45, 7) is 0. The summed E-state index contributed by atoms with van der Waals surface area (Å²) in [4.78, 5) is 8.78. The summed E-state index contributed by atoms with van der Waals surface area (Å²) >= 11 is 0. The molecule has 2 heterocycles. The van der Waals surface area contributed by atoms with Gasteiger partial charge in [-0.25, -0.2) is 9.67 Å². The van der Waals surface area contributed by atoms with Crippen molar-refractivity contribution in [2.45, 2.75) is 37.8 Å². The average Bonchev–Trinajstić information content (AvgIpc) is 3.02. The largest absolute Gasteiger partial charge is 0.379 e. The van der Waals surface area contributed by atoms with Gasteiger partial charge in [0, 0.05) is 19.5 Å². The van der Waals surface area contributed by atoms with Gasteiger partial charge in [-0.15, -0.1) is 0 Å². The molecule has 1 aliphatic rings. The Kier molecular flexibility index (Phi) is 3.92. The van der Waals surface area contributed by atoms with E-state index in [1.807, 2.05) is 12.3 Å². The fourth-order valence-corrected chi connectivity index (χ4v) is 2.67. The Labute approximate surface area is 118 Å². The number of nitrogens with one attached hydrogen (secondary N) is 1. The monoisotopic (exact) mass is 273 g/mol. The molecular formula is C14H19N5O. The Bertz CT molecular complexity index is 542. The van der Waals surface area contributed by atoms with Crippen molar-refractivity contribution in [1.82, 2.24) is 19.7 Å². The molecule has 1 fully saturated rings. The molecule has 0 spiro atoms. The molecule has 0 saturated heterocycles. The van der Waals surface area contributed by atoms with Gasteiger partial charge in [0.25, 0.3) is 0 Å². The standard InChI is InChI=1S/C14H19N5O/c1-20-12-6-3-2-5-11(12)17-13-9-15-10-14(18-13)19-8-4-7-16-19/h4,7-12H,2-3,5-6H2,1H3,(H,17,18)/t11-,12-/m0/s1. The van der Waals surface area contributed by atoms with Gasteiger partial charge in [0.15, 0.2) is 5.82 Å². The lowest BCUT2D eigenvalue weighted by molar-refractivity contribution is 0.0605. The second-order valence-electron chi connectivity index (χ2n) is 5.02. The van der Waals surface area contributed by atoms with Crippen molar-refractivity contribution in [2.24, 2.45) is 0 Å². The van der Waals surface area contributed by atoms with Gasteiger partial charge in [-0.1, -0.05) is 12.8 Å². The number of hydrogen-bond acceptors (Lipinski definition) is 5. The third-order valence-electron chi connectivity index (χ3n) is 3.70. The van der Waals surface area contributed by atoms with Crippen molar-refractivity contribution < 1.29 is 4.74 Å². The lowest BCUT2D eigenvalue weighted by Crippen LogP contribution is -2.38. The van der Waals surface area contributed by atoms with E-state index in [4.69, 9.17) is 4.74 Å². The van der Waals surface area contributed by atoms with Crippen LogP contribution in [0.5, 0.6) is 0 Å². The molecular weight excluding hydrogens is 254 g/mol. The predicted octanol–water partition coefficient (Wildman–Crippen LogP) is 2.03. The third kappa shape index (κ3) is 2.80. The number of aromatic nitrogens is 4. The van der Waals surface area contributed by atoms with Gasteiger partial charge in [-0.2, -0.15) is 5.10 Å². The van der Waals surface area contributed by atoms with Crippen LogP contribution in [-0.2, 0) is 4.74 Å². The van der Waals surface area contributed by atoms with Gasteiger partial charge < -0.3 is 10.1 Å². The van der Waals surface area contributed by atoms with Crippen LogP contribution in [0.25, 0.3) is 5.82 Å². The zero-order chi connectivity index (χ0) is 13.8. The SMILES string of the molecule is CO[C@H]1CCCC[C@@H]1Nc1cncc(-n2cccn2)n1. The highest BCUT2D eigenvalue weighted by atomic mass is 16.5. The number of methoxy groups -OCH3 is 1. The summed E-state index contributed by atoms with van der Waals surface area (Å²) in [6, 6.07) is 2.17. The van der Waals surface area contributed by atoms with Gasteiger partial charge in [0.1, 0.15) is 5.82 Å². The minimum atomic E-state index is 0.249. The molecule has 0 aliphatic heterocycles. The van der Waals surface area contributed by atoms with E-state index in [9.17, 15) is 0 Å². The first kappa shape index (κ1) is 13.1. The van der Waals surface area contributed by atoms with Crippen molar-refractivity contribution in [1.29, 1.82) is 0 Å². The molecule has 2 aromatic heterocycles. The second-order valence-corrected chi connectivity index (χ2v) is 5.02. The Hall–Kier alpha value is -1.95. The van der Waals surface area contributed by atoms with Crippen LogP contribution in [-0.4, -0.2) is 39.0 Å². The minimum Gasteiger partial charge on any atom is -0.379 e. The van der Waals surface area contributed by atoms with Crippen LogP contribution in [0.15, 0.2) is 30.9 Å². The van der Waals surface area contributed by atoms with E-state index < -0.39 is 0 Å². The molecule has 1 aliphatic carbocycles. The van der Waals surface area contributed by atoms with E-state index in [2.05, 4.69) is 20.4 Å². The summed E-state index contributed by atoms with van der Waals surface area (Å²) in [5.74, 6) is 1.48. The first-order chi connectivity index (χ1) is 9.86.